The van der Waals surface area contributed by atoms with Crippen molar-refractivity contribution in [2.75, 3.05) is 0 Å². The number of aryl methyl sites for hydroxylation is 1. The Morgan fingerprint density at radius 1 is 0.724 bits per heavy atom. The average molecular weight is 399 g/mol. The van der Waals surface area contributed by atoms with Gasteiger partial charge in [-0.25, -0.2) is 0 Å². The van der Waals surface area contributed by atoms with Gasteiger partial charge in [0.2, 0.25) is 0 Å². The highest BCUT2D eigenvalue weighted by molar-refractivity contribution is 7.85. The predicted molar refractivity (Wildman–Crippen MR) is 124 cm³/mol. The van der Waals surface area contributed by atoms with Gasteiger partial charge in [0.15, 0.2) is 7.14 Å². The molecule has 4 aromatic rings. The molecule has 3 aromatic carbocycles. The van der Waals surface area contributed by atoms with Gasteiger partial charge in [-0.15, -0.1) is 0 Å². The second-order valence-corrected chi connectivity index (χ2v) is 10.2. The normalized spacial score (nSPS) is 12.7. The van der Waals surface area contributed by atoms with Crippen LogP contribution in [0.4, 0.5) is 0 Å². The van der Waals surface area contributed by atoms with E-state index in [4.69, 9.17) is 0 Å². The van der Waals surface area contributed by atoms with Crippen LogP contribution in [0.15, 0.2) is 97.1 Å². The quantitative estimate of drug-likeness (QED) is 0.415. The van der Waals surface area contributed by atoms with Gasteiger partial charge >= 0.3 is 0 Å². The largest absolute Gasteiger partial charge is 0.341 e. The summed E-state index contributed by atoms with van der Waals surface area (Å²) in [7, 11) is -2.97. The van der Waals surface area contributed by atoms with Crippen LogP contribution in [-0.2, 0) is 4.57 Å². The molecule has 0 radical (unpaired) electrons. The molecule has 0 aliphatic carbocycles. The van der Waals surface area contributed by atoms with Crippen LogP contribution in [0.25, 0.3) is 0 Å². The zero-order chi connectivity index (χ0) is 20.4. The lowest BCUT2D eigenvalue weighted by Gasteiger charge is -2.22. The van der Waals surface area contributed by atoms with Gasteiger partial charge in [-0.05, 0) is 32.4 Å². The first-order chi connectivity index (χ1) is 14.0. The minimum Gasteiger partial charge on any atom is -0.341 e. The summed E-state index contributed by atoms with van der Waals surface area (Å²) in [6.45, 7) is 6.41. The lowest BCUT2D eigenvalue weighted by atomic mass is 10.1. The zero-order valence-corrected chi connectivity index (χ0v) is 18.0. The maximum atomic E-state index is 14.8. The minimum absolute atomic E-state index is 0.171. The third-order valence-corrected chi connectivity index (χ3v) is 8.89. The SMILES string of the molecule is Cc1cc(P(=O)(c2ccccc2)c2ccccc2)c(C)n1[C@@H](C)c1ccccc1. The summed E-state index contributed by atoms with van der Waals surface area (Å²) in [6, 6.07) is 32.5. The van der Waals surface area contributed by atoms with E-state index in [-0.39, 0.29) is 6.04 Å². The molecule has 2 nitrogen and oxygen atoms in total. The Balaban J connectivity index is 1.93. The van der Waals surface area contributed by atoms with Gasteiger partial charge < -0.3 is 9.13 Å². The van der Waals surface area contributed by atoms with Crippen LogP contribution in [-0.4, -0.2) is 4.57 Å². The third kappa shape index (κ3) is 3.39. The lowest BCUT2D eigenvalue weighted by molar-refractivity contribution is 0.591. The maximum Gasteiger partial charge on any atom is 0.172 e. The van der Waals surface area contributed by atoms with Crippen LogP contribution in [0, 0.1) is 13.8 Å². The number of nitrogens with zero attached hydrogens (tertiary/aromatic N) is 1. The molecule has 0 saturated heterocycles. The third-order valence-electron chi connectivity index (χ3n) is 5.71. The van der Waals surface area contributed by atoms with E-state index in [0.29, 0.717) is 0 Å². The maximum absolute atomic E-state index is 14.8. The molecule has 0 amide bonds. The highest BCUT2D eigenvalue weighted by Crippen LogP contribution is 2.44. The molecule has 0 unspecified atom stereocenters. The first-order valence-corrected chi connectivity index (χ1v) is 11.7. The zero-order valence-electron chi connectivity index (χ0n) is 17.1. The molecule has 1 heterocycles. The second-order valence-electron chi connectivity index (χ2n) is 7.49. The van der Waals surface area contributed by atoms with Gasteiger partial charge in [0.05, 0.1) is 6.04 Å². The summed E-state index contributed by atoms with van der Waals surface area (Å²) < 4.78 is 17.1. The van der Waals surface area contributed by atoms with Crippen molar-refractivity contribution in [2.24, 2.45) is 0 Å². The first kappa shape index (κ1) is 19.5. The van der Waals surface area contributed by atoms with Crippen molar-refractivity contribution >= 4 is 23.1 Å². The molecule has 0 aliphatic rings. The molecule has 0 N–H and O–H groups in total. The molecule has 0 fully saturated rings. The van der Waals surface area contributed by atoms with Crippen molar-refractivity contribution in [1.29, 1.82) is 0 Å². The molecular weight excluding hydrogens is 373 g/mol. The number of hydrogen-bond acceptors (Lipinski definition) is 1. The van der Waals surface area contributed by atoms with Gasteiger partial charge in [0, 0.05) is 27.3 Å². The summed E-state index contributed by atoms with van der Waals surface area (Å²) in [5.41, 5.74) is 3.44. The number of benzene rings is 3. The van der Waals surface area contributed by atoms with Crippen LogP contribution >= 0.6 is 7.14 Å². The van der Waals surface area contributed by atoms with E-state index >= 15 is 0 Å². The topological polar surface area (TPSA) is 22.0 Å². The Labute approximate surface area is 173 Å². The van der Waals surface area contributed by atoms with Gasteiger partial charge in [-0.3, -0.25) is 0 Å². The predicted octanol–water partition coefficient (Wildman–Crippen LogP) is 5.35. The van der Waals surface area contributed by atoms with Crippen molar-refractivity contribution in [1.82, 2.24) is 4.57 Å². The number of aromatic nitrogens is 1. The van der Waals surface area contributed by atoms with Crippen LogP contribution in [0.1, 0.15) is 29.9 Å². The van der Waals surface area contributed by atoms with Crippen molar-refractivity contribution < 1.29 is 4.57 Å². The van der Waals surface area contributed by atoms with Crippen LogP contribution < -0.4 is 15.9 Å². The van der Waals surface area contributed by atoms with Gasteiger partial charge in [0.25, 0.3) is 0 Å². The van der Waals surface area contributed by atoms with Crippen LogP contribution in [0.2, 0.25) is 0 Å². The molecule has 1 aromatic heterocycles. The van der Waals surface area contributed by atoms with E-state index in [1.165, 1.54) is 5.56 Å². The fraction of sp³-hybridized carbons (Fsp3) is 0.154. The molecule has 1 atom stereocenters. The smallest absolute Gasteiger partial charge is 0.172 e. The number of hydrogen-bond donors (Lipinski definition) is 0. The Bertz CT molecular complexity index is 1100. The standard InChI is InChI=1S/C26H26NOP/c1-20-19-26(22(3)27(20)21(2)23-13-7-4-8-14-23)29(28,24-15-9-5-10-16-24)25-17-11-6-12-18-25/h4-19,21H,1-3H3/t21-/m0/s1. The molecule has 29 heavy (non-hydrogen) atoms. The second kappa shape index (κ2) is 7.89. The van der Waals surface area contributed by atoms with E-state index in [9.17, 15) is 4.57 Å². The molecule has 146 valence electrons. The summed E-state index contributed by atoms with van der Waals surface area (Å²) in [6.07, 6.45) is 0. The summed E-state index contributed by atoms with van der Waals surface area (Å²) in [4.78, 5) is 0. The summed E-state index contributed by atoms with van der Waals surface area (Å²) >= 11 is 0. The van der Waals surface area contributed by atoms with E-state index in [2.05, 4.69) is 55.7 Å². The molecule has 0 aliphatic heterocycles. The Kier molecular flexibility index (Phi) is 5.30. The van der Waals surface area contributed by atoms with Crippen molar-refractivity contribution in [3.63, 3.8) is 0 Å². The summed E-state index contributed by atoms with van der Waals surface area (Å²) in [5.74, 6) is 0. The molecular formula is C26H26NOP. The van der Waals surface area contributed by atoms with E-state index in [1.54, 1.807) is 0 Å². The minimum atomic E-state index is -2.97. The van der Waals surface area contributed by atoms with Gasteiger partial charge in [-0.1, -0.05) is 91.0 Å². The fourth-order valence-electron chi connectivity index (χ4n) is 4.26. The van der Waals surface area contributed by atoms with Gasteiger partial charge in [-0.2, -0.15) is 0 Å². The van der Waals surface area contributed by atoms with Gasteiger partial charge in [0.1, 0.15) is 0 Å². The highest BCUT2D eigenvalue weighted by atomic mass is 31.2. The molecule has 0 spiro atoms. The molecule has 3 heteroatoms. The van der Waals surface area contributed by atoms with E-state index < -0.39 is 7.14 Å². The number of rotatable bonds is 5. The first-order valence-electron chi connectivity index (χ1n) is 9.98. The van der Waals surface area contributed by atoms with E-state index in [0.717, 1.165) is 27.3 Å². The molecule has 0 saturated carbocycles. The summed E-state index contributed by atoms with van der Waals surface area (Å²) in [5, 5.41) is 2.67. The lowest BCUT2D eigenvalue weighted by Crippen LogP contribution is -2.26. The van der Waals surface area contributed by atoms with E-state index in [1.807, 2.05) is 66.7 Å². The monoisotopic (exact) mass is 399 g/mol. The van der Waals surface area contributed by atoms with Crippen LogP contribution in [0.5, 0.6) is 0 Å². The Morgan fingerprint density at radius 3 is 1.66 bits per heavy atom. The fourth-order valence-corrected chi connectivity index (χ4v) is 7.23. The van der Waals surface area contributed by atoms with Crippen molar-refractivity contribution in [3.8, 4) is 0 Å². The highest BCUT2D eigenvalue weighted by Gasteiger charge is 2.33. The Hall–Kier alpha value is -2.83. The average Bonchev–Trinajstić information content (AvgIpc) is 3.08. The van der Waals surface area contributed by atoms with Crippen LogP contribution in [0.3, 0.4) is 0 Å². The molecule has 4 rings (SSSR count). The Morgan fingerprint density at radius 2 is 1.17 bits per heavy atom. The van der Waals surface area contributed by atoms with Crippen molar-refractivity contribution in [3.05, 3.63) is 114 Å². The molecule has 0 bridgehead atoms. The van der Waals surface area contributed by atoms with Crippen molar-refractivity contribution in [2.45, 2.75) is 26.8 Å².